The van der Waals surface area contributed by atoms with E-state index in [-0.39, 0.29) is 17.9 Å². The minimum atomic E-state index is -0.321. The molecule has 0 aliphatic carbocycles. The monoisotopic (exact) mass is 228 g/mol. The van der Waals surface area contributed by atoms with Crippen LogP contribution in [-0.4, -0.2) is 41.7 Å². The van der Waals surface area contributed by atoms with Gasteiger partial charge in [0.1, 0.15) is 0 Å². The Bertz CT molecular complexity index is 221. The van der Waals surface area contributed by atoms with Crippen molar-refractivity contribution >= 4 is 5.91 Å². The lowest BCUT2D eigenvalue weighted by Gasteiger charge is -2.15. The van der Waals surface area contributed by atoms with Gasteiger partial charge in [0, 0.05) is 25.4 Å². The SMILES string of the molecule is CC[C@H]1CN(C(=O)CCCCCN)C[C@@H]1O. The maximum atomic E-state index is 11.8. The number of aliphatic hydroxyl groups excluding tert-OH is 1. The number of nitrogens with two attached hydrogens (primary N) is 1. The molecule has 0 saturated carbocycles. The lowest BCUT2D eigenvalue weighted by Crippen LogP contribution is -2.29. The number of nitrogens with zero attached hydrogens (tertiary/aromatic N) is 1. The van der Waals surface area contributed by atoms with E-state index in [1.54, 1.807) is 4.90 Å². The van der Waals surface area contributed by atoms with Crippen molar-refractivity contribution < 1.29 is 9.90 Å². The van der Waals surface area contributed by atoms with E-state index in [0.29, 0.717) is 19.5 Å². The van der Waals surface area contributed by atoms with E-state index < -0.39 is 0 Å². The fourth-order valence-electron chi connectivity index (χ4n) is 2.21. The lowest BCUT2D eigenvalue weighted by atomic mass is 10.0. The van der Waals surface area contributed by atoms with E-state index >= 15 is 0 Å². The topological polar surface area (TPSA) is 66.6 Å². The number of aliphatic hydroxyl groups is 1. The summed E-state index contributed by atoms with van der Waals surface area (Å²) < 4.78 is 0. The van der Waals surface area contributed by atoms with Gasteiger partial charge in [0.15, 0.2) is 0 Å². The summed E-state index contributed by atoms with van der Waals surface area (Å²) in [7, 11) is 0. The third-order valence-electron chi connectivity index (χ3n) is 3.38. The first-order chi connectivity index (χ1) is 7.69. The number of rotatable bonds is 6. The van der Waals surface area contributed by atoms with Crippen LogP contribution >= 0.6 is 0 Å². The van der Waals surface area contributed by atoms with Crippen LogP contribution in [0.2, 0.25) is 0 Å². The third-order valence-corrected chi connectivity index (χ3v) is 3.38. The molecule has 0 radical (unpaired) electrons. The molecule has 3 N–H and O–H groups in total. The number of carbonyl (C=O) groups is 1. The Labute approximate surface area is 97.8 Å². The molecular formula is C12H24N2O2. The van der Waals surface area contributed by atoms with Gasteiger partial charge >= 0.3 is 0 Å². The normalized spacial score (nSPS) is 25.1. The molecule has 1 amide bonds. The molecule has 2 atom stereocenters. The summed E-state index contributed by atoms with van der Waals surface area (Å²) in [5, 5.41) is 9.71. The van der Waals surface area contributed by atoms with Gasteiger partial charge in [0.25, 0.3) is 0 Å². The van der Waals surface area contributed by atoms with Crippen LogP contribution in [0.4, 0.5) is 0 Å². The summed E-state index contributed by atoms with van der Waals surface area (Å²) >= 11 is 0. The van der Waals surface area contributed by atoms with E-state index in [1.807, 2.05) is 0 Å². The van der Waals surface area contributed by atoms with Crippen molar-refractivity contribution in [1.29, 1.82) is 0 Å². The number of amides is 1. The Morgan fingerprint density at radius 1 is 1.38 bits per heavy atom. The van der Waals surface area contributed by atoms with Crippen molar-refractivity contribution in [2.75, 3.05) is 19.6 Å². The molecule has 16 heavy (non-hydrogen) atoms. The number of hydrogen-bond acceptors (Lipinski definition) is 3. The zero-order valence-corrected chi connectivity index (χ0v) is 10.2. The van der Waals surface area contributed by atoms with E-state index in [9.17, 15) is 9.90 Å². The van der Waals surface area contributed by atoms with Crippen molar-refractivity contribution in [3.05, 3.63) is 0 Å². The van der Waals surface area contributed by atoms with Gasteiger partial charge in [0.05, 0.1) is 6.10 Å². The highest BCUT2D eigenvalue weighted by Gasteiger charge is 2.32. The third kappa shape index (κ3) is 3.76. The zero-order chi connectivity index (χ0) is 12.0. The number of carbonyl (C=O) groups excluding carboxylic acids is 1. The van der Waals surface area contributed by atoms with Gasteiger partial charge in [-0.15, -0.1) is 0 Å². The van der Waals surface area contributed by atoms with Crippen LogP contribution < -0.4 is 5.73 Å². The molecule has 0 unspecified atom stereocenters. The number of unbranched alkanes of at least 4 members (excludes halogenated alkanes) is 2. The molecule has 94 valence electrons. The van der Waals surface area contributed by atoms with Crippen molar-refractivity contribution in [3.63, 3.8) is 0 Å². The number of likely N-dealkylation sites (tertiary alicyclic amines) is 1. The summed E-state index contributed by atoms with van der Waals surface area (Å²) in [5.74, 6) is 0.458. The summed E-state index contributed by atoms with van der Waals surface area (Å²) in [6.45, 7) is 4.01. The predicted molar refractivity (Wildman–Crippen MR) is 63.9 cm³/mol. The number of hydrogen-bond donors (Lipinski definition) is 2. The molecule has 1 aliphatic heterocycles. The van der Waals surface area contributed by atoms with Crippen LogP contribution in [0.15, 0.2) is 0 Å². The first kappa shape index (κ1) is 13.5. The molecule has 4 heteroatoms. The molecule has 1 heterocycles. The number of β-amino-alcohol motifs (C(OH)–C–C–N with tert-alkyl or cyclic N) is 1. The van der Waals surface area contributed by atoms with Crippen LogP contribution in [0.25, 0.3) is 0 Å². The zero-order valence-electron chi connectivity index (χ0n) is 10.2. The molecule has 1 aliphatic rings. The van der Waals surface area contributed by atoms with Gasteiger partial charge in [-0.3, -0.25) is 4.79 Å². The van der Waals surface area contributed by atoms with Crippen LogP contribution in [-0.2, 0) is 4.79 Å². The molecular weight excluding hydrogens is 204 g/mol. The van der Waals surface area contributed by atoms with Crippen molar-refractivity contribution in [2.24, 2.45) is 11.7 Å². The first-order valence-electron chi connectivity index (χ1n) is 6.35. The van der Waals surface area contributed by atoms with Crippen molar-refractivity contribution in [2.45, 2.75) is 45.1 Å². The Hall–Kier alpha value is -0.610. The molecule has 0 aromatic carbocycles. The second-order valence-electron chi connectivity index (χ2n) is 4.63. The highest BCUT2D eigenvalue weighted by molar-refractivity contribution is 5.76. The predicted octanol–water partition coefficient (Wildman–Crippen LogP) is 0.735. The molecule has 0 spiro atoms. The first-order valence-corrected chi connectivity index (χ1v) is 6.35. The molecule has 4 nitrogen and oxygen atoms in total. The molecule has 0 bridgehead atoms. The Balaban J connectivity index is 2.22. The van der Waals surface area contributed by atoms with Gasteiger partial charge < -0.3 is 15.7 Å². The van der Waals surface area contributed by atoms with E-state index in [1.165, 1.54) is 0 Å². The van der Waals surface area contributed by atoms with Gasteiger partial charge in [0.2, 0.25) is 5.91 Å². The summed E-state index contributed by atoms with van der Waals surface area (Å²) in [5.41, 5.74) is 5.39. The van der Waals surface area contributed by atoms with E-state index in [4.69, 9.17) is 5.73 Å². The van der Waals surface area contributed by atoms with Gasteiger partial charge in [-0.1, -0.05) is 13.3 Å². The second kappa shape index (κ2) is 6.86. The van der Waals surface area contributed by atoms with Crippen LogP contribution in [0.3, 0.4) is 0 Å². The maximum Gasteiger partial charge on any atom is 0.222 e. The van der Waals surface area contributed by atoms with Crippen LogP contribution in [0.5, 0.6) is 0 Å². The Morgan fingerprint density at radius 2 is 2.12 bits per heavy atom. The lowest BCUT2D eigenvalue weighted by molar-refractivity contribution is -0.130. The largest absolute Gasteiger partial charge is 0.391 e. The van der Waals surface area contributed by atoms with Crippen LogP contribution in [0.1, 0.15) is 39.0 Å². The maximum absolute atomic E-state index is 11.8. The average molecular weight is 228 g/mol. The van der Waals surface area contributed by atoms with E-state index in [0.717, 1.165) is 32.2 Å². The Morgan fingerprint density at radius 3 is 2.69 bits per heavy atom. The minimum Gasteiger partial charge on any atom is -0.391 e. The smallest absolute Gasteiger partial charge is 0.222 e. The molecule has 1 saturated heterocycles. The van der Waals surface area contributed by atoms with Gasteiger partial charge in [-0.2, -0.15) is 0 Å². The minimum absolute atomic E-state index is 0.187. The van der Waals surface area contributed by atoms with Gasteiger partial charge in [-0.25, -0.2) is 0 Å². The average Bonchev–Trinajstić information content (AvgIpc) is 2.66. The van der Waals surface area contributed by atoms with Crippen LogP contribution in [0, 0.1) is 5.92 Å². The summed E-state index contributed by atoms with van der Waals surface area (Å²) in [4.78, 5) is 13.6. The highest BCUT2D eigenvalue weighted by atomic mass is 16.3. The fourth-order valence-corrected chi connectivity index (χ4v) is 2.21. The molecule has 1 rings (SSSR count). The Kier molecular flexibility index (Phi) is 5.77. The van der Waals surface area contributed by atoms with Crippen molar-refractivity contribution in [1.82, 2.24) is 4.90 Å². The molecule has 0 aromatic rings. The molecule has 0 aromatic heterocycles. The van der Waals surface area contributed by atoms with Crippen molar-refractivity contribution in [3.8, 4) is 0 Å². The summed E-state index contributed by atoms with van der Waals surface area (Å²) in [6, 6.07) is 0. The molecule has 1 fully saturated rings. The standard InChI is InChI=1S/C12H24N2O2/c1-2-10-8-14(9-11(10)15)12(16)6-4-3-5-7-13/h10-11,15H,2-9,13H2,1H3/t10-,11-/m0/s1. The highest BCUT2D eigenvalue weighted by Crippen LogP contribution is 2.20. The fraction of sp³-hybridized carbons (Fsp3) is 0.917. The van der Waals surface area contributed by atoms with E-state index in [2.05, 4.69) is 6.92 Å². The quantitative estimate of drug-likeness (QED) is 0.659. The second-order valence-corrected chi connectivity index (χ2v) is 4.63. The van der Waals surface area contributed by atoms with Gasteiger partial charge in [-0.05, 0) is 25.8 Å². The summed E-state index contributed by atoms with van der Waals surface area (Å²) in [6.07, 6.45) is 4.15.